The van der Waals surface area contributed by atoms with Gasteiger partial charge in [0.1, 0.15) is 11.5 Å². The maximum absolute atomic E-state index is 13.3. The van der Waals surface area contributed by atoms with Gasteiger partial charge in [0.25, 0.3) is 0 Å². The molecule has 1 unspecified atom stereocenters. The molecule has 0 bridgehead atoms. The zero-order valence-electron chi connectivity index (χ0n) is 22.0. The third kappa shape index (κ3) is 9.85. The minimum Gasteiger partial charge on any atom is -0.494 e. The molecule has 0 spiro atoms. The summed E-state index contributed by atoms with van der Waals surface area (Å²) >= 11 is 1.33. The number of rotatable bonds is 8. The zero-order valence-corrected chi connectivity index (χ0v) is 23.7. The van der Waals surface area contributed by atoms with E-state index in [1.807, 2.05) is 41.5 Å². The third-order valence-electron chi connectivity index (χ3n) is 4.52. The highest BCUT2D eigenvalue weighted by atomic mass is 32.2. The molecule has 2 aromatic carbocycles. The number of methoxy groups -OCH3 is 1. The van der Waals surface area contributed by atoms with Gasteiger partial charge in [0.05, 0.1) is 35.1 Å². The molecule has 5 nitrogen and oxygen atoms in total. The molecule has 1 heterocycles. The van der Waals surface area contributed by atoms with E-state index in [0.29, 0.717) is 32.6 Å². The van der Waals surface area contributed by atoms with Crippen molar-refractivity contribution in [2.45, 2.75) is 63.4 Å². The number of hydrogen-bond donors (Lipinski definition) is 0. The molecule has 0 aliphatic carbocycles. The van der Waals surface area contributed by atoms with Gasteiger partial charge in [-0.05, 0) is 66.9 Å². The Balaban J connectivity index is 0.00000163. The lowest BCUT2D eigenvalue weighted by Gasteiger charge is -2.09. The lowest BCUT2D eigenvalue weighted by molar-refractivity contribution is -0.274. The van der Waals surface area contributed by atoms with Gasteiger partial charge in [-0.3, -0.25) is 4.79 Å². The summed E-state index contributed by atoms with van der Waals surface area (Å²) in [5.74, 6) is -0.239. The molecule has 1 atom stereocenters. The zero-order chi connectivity index (χ0) is 28.2. The van der Waals surface area contributed by atoms with E-state index in [4.69, 9.17) is 9.47 Å². The summed E-state index contributed by atoms with van der Waals surface area (Å²) in [6.45, 7) is 12.1. The topological polar surface area (TPSA) is 61.8 Å². The fourth-order valence-corrected chi connectivity index (χ4v) is 5.78. The first-order chi connectivity index (χ1) is 17.6. The standard InChI is InChI=1S/C23H21F3O5S2.2C2H6/c1-4-30-18-9-15(11-21(27)29-3)10-19(12-18)33(28)22-13-20(14(2)32-22)16-5-7-17(8-6-16)31-23(24,25)26;2*1-2/h5-10,12-13H,4,11H2,1-3H3;2*1-2H3. The van der Waals surface area contributed by atoms with Crippen LogP contribution in [0.3, 0.4) is 0 Å². The molecule has 0 radical (unpaired) electrons. The van der Waals surface area contributed by atoms with Gasteiger partial charge in [-0.15, -0.1) is 24.5 Å². The summed E-state index contributed by atoms with van der Waals surface area (Å²) in [5, 5.41) is 0. The minimum absolute atomic E-state index is 0.0165. The van der Waals surface area contributed by atoms with E-state index in [-0.39, 0.29) is 12.2 Å². The van der Waals surface area contributed by atoms with E-state index in [2.05, 4.69) is 4.74 Å². The van der Waals surface area contributed by atoms with Crippen molar-refractivity contribution in [3.8, 4) is 22.6 Å². The average molecular weight is 559 g/mol. The van der Waals surface area contributed by atoms with E-state index in [9.17, 15) is 22.2 Å². The van der Waals surface area contributed by atoms with Crippen LogP contribution in [0.4, 0.5) is 13.2 Å². The van der Waals surface area contributed by atoms with Crippen LogP contribution >= 0.6 is 11.3 Å². The number of benzene rings is 2. The minimum atomic E-state index is -4.76. The molecular formula is C27H33F3O5S2. The number of carbonyl (C=O) groups excluding carboxylic acids is 1. The first kappa shape index (κ1) is 32.2. The highest BCUT2D eigenvalue weighted by molar-refractivity contribution is 7.87. The van der Waals surface area contributed by atoms with Gasteiger partial charge in [-0.25, -0.2) is 4.21 Å². The lowest BCUT2D eigenvalue weighted by atomic mass is 10.1. The summed E-state index contributed by atoms with van der Waals surface area (Å²) in [6.07, 6.45) is -4.74. The molecule has 0 N–H and O–H groups in total. The van der Waals surface area contributed by atoms with Crippen molar-refractivity contribution in [2.75, 3.05) is 13.7 Å². The normalized spacial score (nSPS) is 11.3. The number of aryl methyl sites for hydroxylation is 1. The summed E-state index contributed by atoms with van der Waals surface area (Å²) in [4.78, 5) is 13.0. The highest BCUT2D eigenvalue weighted by Crippen LogP contribution is 2.36. The molecule has 0 aliphatic rings. The van der Waals surface area contributed by atoms with Gasteiger partial charge >= 0.3 is 12.3 Å². The van der Waals surface area contributed by atoms with Gasteiger partial charge < -0.3 is 14.2 Å². The number of thiophene rings is 1. The molecule has 3 rings (SSSR count). The van der Waals surface area contributed by atoms with Gasteiger partial charge in [-0.2, -0.15) is 0 Å². The second kappa shape index (κ2) is 15.4. The van der Waals surface area contributed by atoms with Crippen molar-refractivity contribution >= 4 is 28.1 Å². The predicted molar refractivity (Wildman–Crippen MR) is 142 cm³/mol. The fraction of sp³-hybridized carbons (Fsp3) is 0.370. The second-order valence-electron chi connectivity index (χ2n) is 6.87. The van der Waals surface area contributed by atoms with Crippen LogP contribution in [0.15, 0.2) is 57.6 Å². The van der Waals surface area contributed by atoms with E-state index in [1.54, 1.807) is 24.3 Å². The van der Waals surface area contributed by atoms with Crippen LogP contribution in [0.2, 0.25) is 0 Å². The summed E-state index contributed by atoms with van der Waals surface area (Å²) in [7, 11) is -0.259. The SMILES string of the molecule is CC.CC.CCOc1cc(CC(=O)OC)cc(S(=O)c2cc(-c3ccc(OC(F)(F)F)cc3)c(C)s2)c1. The molecule has 0 saturated carbocycles. The molecule has 1 aromatic heterocycles. The van der Waals surface area contributed by atoms with E-state index in [1.165, 1.54) is 42.7 Å². The van der Waals surface area contributed by atoms with E-state index in [0.717, 1.165) is 10.4 Å². The Morgan fingerprint density at radius 1 is 0.973 bits per heavy atom. The number of esters is 1. The predicted octanol–water partition coefficient (Wildman–Crippen LogP) is 7.96. The first-order valence-electron chi connectivity index (χ1n) is 11.8. The van der Waals surface area contributed by atoms with Crippen molar-refractivity contribution in [1.29, 1.82) is 0 Å². The monoisotopic (exact) mass is 558 g/mol. The molecule has 204 valence electrons. The Kier molecular flexibility index (Phi) is 13.4. The number of hydrogen-bond acceptors (Lipinski definition) is 6. The largest absolute Gasteiger partial charge is 0.573 e. The van der Waals surface area contributed by atoms with Crippen molar-refractivity contribution < 1.29 is 36.4 Å². The molecule has 0 saturated heterocycles. The molecule has 0 aliphatic heterocycles. The molecule has 0 amide bonds. The Bertz CT molecular complexity index is 1160. The lowest BCUT2D eigenvalue weighted by Crippen LogP contribution is -2.16. The molecule has 37 heavy (non-hydrogen) atoms. The van der Waals surface area contributed by atoms with E-state index < -0.39 is 23.1 Å². The third-order valence-corrected chi connectivity index (χ3v) is 7.21. The smallest absolute Gasteiger partial charge is 0.494 e. The Hall–Kier alpha value is -2.85. The highest BCUT2D eigenvalue weighted by Gasteiger charge is 2.31. The van der Waals surface area contributed by atoms with Crippen molar-refractivity contribution in [3.63, 3.8) is 0 Å². The van der Waals surface area contributed by atoms with Crippen molar-refractivity contribution in [1.82, 2.24) is 0 Å². The second-order valence-corrected chi connectivity index (χ2v) is 9.84. The number of ether oxygens (including phenoxy) is 3. The van der Waals surface area contributed by atoms with Crippen LogP contribution in [-0.4, -0.2) is 30.3 Å². The van der Waals surface area contributed by atoms with Crippen molar-refractivity contribution in [2.24, 2.45) is 0 Å². The first-order valence-corrected chi connectivity index (χ1v) is 13.8. The van der Waals surface area contributed by atoms with Crippen LogP contribution < -0.4 is 9.47 Å². The molecular weight excluding hydrogens is 525 g/mol. The molecule has 10 heteroatoms. The van der Waals surface area contributed by atoms with Crippen LogP contribution in [0.25, 0.3) is 11.1 Å². The molecule has 0 fully saturated rings. The van der Waals surface area contributed by atoms with Crippen LogP contribution in [0, 0.1) is 6.92 Å². The fourth-order valence-electron chi connectivity index (χ4n) is 3.11. The Labute approximate surface area is 223 Å². The van der Waals surface area contributed by atoms with Gasteiger partial charge in [0.15, 0.2) is 0 Å². The van der Waals surface area contributed by atoms with Gasteiger partial charge in [-0.1, -0.05) is 39.8 Å². The summed E-state index contributed by atoms with van der Waals surface area (Å²) in [5.41, 5.74) is 2.05. The maximum atomic E-state index is 13.3. The number of halogens is 3. The Morgan fingerprint density at radius 2 is 1.59 bits per heavy atom. The van der Waals surface area contributed by atoms with Crippen LogP contribution in [-0.2, 0) is 26.8 Å². The molecule has 3 aromatic rings. The quantitative estimate of drug-likeness (QED) is 0.263. The number of carbonyl (C=O) groups is 1. The average Bonchev–Trinajstić information content (AvgIpc) is 3.27. The van der Waals surface area contributed by atoms with Crippen LogP contribution in [0.1, 0.15) is 45.1 Å². The maximum Gasteiger partial charge on any atom is 0.573 e. The van der Waals surface area contributed by atoms with E-state index >= 15 is 0 Å². The van der Waals surface area contributed by atoms with Gasteiger partial charge in [0, 0.05) is 9.77 Å². The summed E-state index contributed by atoms with van der Waals surface area (Å²) < 4.78 is 65.2. The summed E-state index contributed by atoms with van der Waals surface area (Å²) in [6, 6.07) is 12.3. The Morgan fingerprint density at radius 3 is 2.14 bits per heavy atom. The van der Waals surface area contributed by atoms with Gasteiger partial charge in [0.2, 0.25) is 0 Å². The number of alkyl halides is 3. The van der Waals surface area contributed by atoms with Crippen molar-refractivity contribution in [3.05, 3.63) is 59.0 Å². The van der Waals surface area contributed by atoms with Crippen LogP contribution in [0.5, 0.6) is 11.5 Å².